The molecule has 0 unspecified atom stereocenters. The first-order valence-corrected chi connectivity index (χ1v) is 5.53. The van der Waals surface area contributed by atoms with Crippen LogP contribution in [0.25, 0.3) is 0 Å². The molecule has 4 atom stereocenters. The highest BCUT2D eigenvalue weighted by molar-refractivity contribution is 5.20. The predicted molar refractivity (Wildman–Crippen MR) is 60.7 cm³/mol. The topological polar surface area (TPSA) is 97.6 Å². The zero-order valence-corrected chi connectivity index (χ0v) is 10.5. The number of methoxy groups -OCH3 is 2. The molecule has 1 rings (SSSR count). The normalized spacial score (nSPS) is 32.4. The predicted octanol–water partition coefficient (Wildman–Crippen LogP) is -1.38. The molecule has 0 aliphatic heterocycles. The molecule has 0 amide bonds. The zero-order valence-electron chi connectivity index (χ0n) is 10.5. The van der Waals surface area contributed by atoms with Crippen LogP contribution in [0, 0.1) is 0 Å². The van der Waals surface area contributed by atoms with Crippen molar-refractivity contribution >= 4 is 0 Å². The van der Waals surface area contributed by atoms with E-state index in [1.807, 2.05) is 0 Å². The first-order chi connectivity index (χ1) is 8.61. The van der Waals surface area contributed by atoms with Gasteiger partial charge in [0.05, 0.1) is 6.61 Å². The van der Waals surface area contributed by atoms with Crippen LogP contribution in [-0.4, -0.2) is 74.1 Å². The van der Waals surface area contributed by atoms with E-state index in [0.29, 0.717) is 5.57 Å². The minimum Gasteiger partial charge on any atom is -0.387 e. The van der Waals surface area contributed by atoms with E-state index in [1.54, 1.807) is 0 Å². The van der Waals surface area contributed by atoms with Gasteiger partial charge in [0.25, 0.3) is 0 Å². The fourth-order valence-corrected chi connectivity index (χ4v) is 1.73. The summed E-state index contributed by atoms with van der Waals surface area (Å²) in [6, 6.07) is 0. The Morgan fingerprint density at radius 2 is 1.72 bits per heavy atom. The molecule has 1 aliphatic carbocycles. The van der Waals surface area contributed by atoms with Crippen LogP contribution < -0.4 is 0 Å². The first kappa shape index (κ1) is 15.5. The number of ether oxygens (including phenoxy) is 4. The van der Waals surface area contributed by atoms with Gasteiger partial charge in [0.2, 0.25) is 0 Å². The highest BCUT2D eigenvalue weighted by Crippen LogP contribution is 2.23. The summed E-state index contributed by atoms with van der Waals surface area (Å²) in [5, 5.41) is 29.0. The number of hydrogen-bond acceptors (Lipinski definition) is 7. The van der Waals surface area contributed by atoms with E-state index in [1.165, 1.54) is 20.3 Å². The molecule has 0 radical (unpaired) electrons. The third-order valence-electron chi connectivity index (χ3n) is 2.60. The van der Waals surface area contributed by atoms with Gasteiger partial charge in [0, 0.05) is 14.2 Å². The maximum atomic E-state index is 9.84. The molecule has 7 nitrogen and oxygen atoms in total. The lowest BCUT2D eigenvalue weighted by Gasteiger charge is -2.34. The lowest BCUT2D eigenvalue weighted by molar-refractivity contribution is -0.149. The number of hydrogen-bond donors (Lipinski definition) is 3. The summed E-state index contributed by atoms with van der Waals surface area (Å²) in [4.78, 5) is 0. The average Bonchev–Trinajstić information content (AvgIpc) is 2.36. The summed E-state index contributed by atoms with van der Waals surface area (Å²) in [6.45, 7) is 0.179. The van der Waals surface area contributed by atoms with Crippen molar-refractivity contribution in [2.45, 2.75) is 24.4 Å². The van der Waals surface area contributed by atoms with Gasteiger partial charge in [-0.05, 0) is 11.6 Å². The summed E-state index contributed by atoms with van der Waals surface area (Å²) >= 11 is 0. The minimum atomic E-state index is -1.29. The lowest BCUT2D eigenvalue weighted by Crippen LogP contribution is -2.50. The summed E-state index contributed by atoms with van der Waals surface area (Å²) in [7, 11) is 2.94. The Morgan fingerprint density at radius 3 is 2.33 bits per heavy atom. The van der Waals surface area contributed by atoms with Crippen molar-refractivity contribution in [2.75, 3.05) is 34.4 Å². The Hall–Kier alpha value is -0.540. The molecule has 106 valence electrons. The molecule has 0 bridgehead atoms. The average molecular weight is 264 g/mol. The van der Waals surface area contributed by atoms with Crippen molar-refractivity contribution in [3.8, 4) is 0 Å². The molecule has 0 saturated heterocycles. The number of aliphatic hydroxyl groups is 3. The molecule has 0 aromatic rings. The van der Waals surface area contributed by atoms with E-state index >= 15 is 0 Å². The highest BCUT2D eigenvalue weighted by Gasteiger charge is 2.38. The van der Waals surface area contributed by atoms with Gasteiger partial charge in [-0.2, -0.15) is 0 Å². The molecule has 0 aromatic carbocycles. The largest absolute Gasteiger partial charge is 0.387 e. The van der Waals surface area contributed by atoms with E-state index in [-0.39, 0.29) is 20.2 Å². The number of rotatable bonds is 7. The second kappa shape index (κ2) is 7.80. The lowest BCUT2D eigenvalue weighted by atomic mass is 9.90. The standard InChI is InChI=1S/C11H20O7/c1-15-5-17-4-7-3-8(12)9(13)10(14)11(7)18-6-16-2/h3,8-14H,4-6H2,1-2H3/t8-,9+,10-,11-/m1/s1. The van der Waals surface area contributed by atoms with Gasteiger partial charge in [-0.15, -0.1) is 0 Å². The fourth-order valence-electron chi connectivity index (χ4n) is 1.73. The Labute approximate surface area is 106 Å². The summed E-state index contributed by atoms with van der Waals surface area (Å²) in [5.74, 6) is 0. The molecule has 0 fully saturated rings. The maximum Gasteiger partial charge on any atom is 0.147 e. The SMILES string of the molecule is COCOCC1=C[C@@H](O)[C@H](O)[C@@H](O)[C@@H]1OCOC. The van der Waals surface area contributed by atoms with Gasteiger partial charge in [-0.1, -0.05) is 0 Å². The first-order valence-electron chi connectivity index (χ1n) is 5.53. The fraction of sp³-hybridized carbons (Fsp3) is 0.818. The molecule has 3 N–H and O–H groups in total. The van der Waals surface area contributed by atoms with E-state index in [9.17, 15) is 15.3 Å². The molecule has 18 heavy (non-hydrogen) atoms. The monoisotopic (exact) mass is 264 g/mol. The second-order valence-corrected chi connectivity index (χ2v) is 3.96. The summed E-state index contributed by atoms with van der Waals surface area (Å²) < 4.78 is 19.9. The van der Waals surface area contributed by atoms with Crippen LogP contribution in [0.2, 0.25) is 0 Å². The second-order valence-electron chi connectivity index (χ2n) is 3.96. The Bertz CT molecular complexity index is 268. The van der Waals surface area contributed by atoms with Crippen LogP contribution in [0.15, 0.2) is 11.6 Å². The molecule has 1 aliphatic rings. The smallest absolute Gasteiger partial charge is 0.147 e. The molecular weight excluding hydrogens is 244 g/mol. The van der Waals surface area contributed by atoms with E-state index in [4.69, 9.17) is 18.9 Å². The van der Waals surface area contributed by atoms with Crippen LogP contribution in [0.4, 0.5) is 0 Å². The molecule has 0 spiro atoms. The molecule has 7 heteroatoms. The number of aliphatic hydroxyl groups excluding tert-OH is 3. The van der Waals surface area contributed by atoms with Crippen molar-refractivity contribution in [3.63, 3.8) is 0 Å². The molecule has 0 saturated carbocycles. The van der Waals surface area contributed by atoms with Gasteiger partial charge in [-0.25, -0.2) is 0 Å². The molecule has 0 heterocycles. The van der Waals surface area contributed by atoms with Crippen molar-refractivity contribution in [2.24, 2.45) is 0 Å². The van der Waals surface area contributed by atoms with Crippen LogP contribution >= 0.6 is 0 Å². The Balaban J connectivity index is 2.68. The Morgan fingerprint density at radius 1 is 1.06 bits per heavy atom. The van der Waals surface area contributed by atoms with Crippen molar-refractivity contribution in [1.82, 2.24) is 0 Å². The van der Waals surface area contributed by atoms with Crippen molar-refractivity contribution in [1.29, 1.82) is 0 Å². The minimum absolute atomic E-state index is 0.0356. The van der Waals surface area contributed by atoms with Gasteiger partial charge in [-0.3, -0.25) is 0 Å². The van der Waals surface area contributed by atoms with Gasteiger partial charge in [0.1, 0.15) is 38.0 Å². The Kier molecular flexibility index (Phi) is 6.72. The van der Waals surface area contributed by atoms with Crippen LogP contribution in [0.5, 0.6) is 0 Å². The van der Waals surface area contributed by atoms with Crippen LogP contribution in [0.1, 0.15) is 0 Å². The third-order valence-corrected chi connectivity index (χ3v) is 2.60. The van der Waals surface area contributed by atoms with E-state index in [2.05, 4.69) is 0 Å². The quantitative estimate of drug-likeness (QED) is 0.296. The van der Waals surface area contributed by atoms with Gasteiger partial charge >= 0.3 is 0 Å². The molecular formula is C11H20O7. The van der Waals surface area contributed by atoms with Gasteiger partial charge in [0.15, 0.2) is 0 Å². The van der Waals surface area contributed by atoms with Crippen LogP contribution in [-0.2, 0) is 18.9 Å². The zero-order chi connectivity index (χ0) is 13.5. The van der Waals surface area contributed by atoms with Crippen molar-refractivity contribution < 1.29 is 34.3 Å². The highest BCUT2D eigenvalue weighted by atomic mass is 16.7. The van der Waals surface area contributed by atoms with Crippen LogP contribution in [0.3, 0.4) is 0 Å². The maximum absolute atomic E-state index is 9.84. The summed E-state index contributed by atoms with van der Waals surface area (Å²) in [6.07, 6.45) is -3.05. The van der Waals surface area contributed by atoms with E-state index in [0.717, 1.165) is 0 Å². The van der Waals surface area contributed by atoms with Crippen molar-refractivity contribution in [3.05, 3.63) is 11.6 Å². The molecule has 0 aromatic heterocycles. The third kappa shape index (κ3) is 3.99. The van der Waals surface area contributed by atoms with Gasteiger partial charge < -0.3 is 34.3 Å². The summed E-state index contributed by atoms with van der Waals surface area (Å²) in [5.41, 5.74) is 0.536. The van der Waals surface area contributed by atoms with E-state index < -0.39 is 24.4 Å².